The smallest absolute Gasteiger partial charge is 0.0491 e. The zero-order valence-electron chi connectivity index (χ0n) is 7.57. The molecule has 0 aliphatic rings. The van der Waals surface area contributed by atoms with E-state index in [9.17, 15) is 5.21 Å². The Hall–Kier alpha value is -0.860. The second-order valence-corrected chi connectivity index (χ2v) is 3.18. The minimum atomic E-state index is 0.171. The molecule has 0 spiro atoms. The SMILES string of the molecule is CC(C)N(O)Cc1ccccc1. The number of hydrogen-bond acceptors (Lipinski definition) is 2. The molecule has 1 rings (SSSR count). The third-order valence-electron chi connectivity index (χ3n) is 1.78. The number of benzene rings is 1. The van der Waals surface area contributed by atoms with E-state index in [1.165, 1.54) is 5.06 Å². The van der Waals surface area contributed by atoms with Gasteiger partial charge in [-0.15, -0.1) is 0 Å². The van der Waals surface area contributed by atoms with Crippen LogP contribution < -0.4 is 0 Å². The molecule has 0 bridgehead atoms. The van der Waals surface area contributed by atoms with E-state index >= 15 is 0 Å². The Bertz CT molecular complexity index is 221. The second kappa shape index (κ2) is 4.24. The highest BCUT2D eigenvalue weighted by Gasteiger charge is 2.04. The van der Waals surface area contributed by atoms with Gasteiger partial charge in [0.15, 0.2) is 0 Å². The number of nitrogens with zero attached hydrogens (tertiary/aromatic N) is 1. The fourth-order valence-electron chi connectivity index (χ4n) is 0.953. The minimum absolute atomic E-state index is 0.171. The summed E-state index contributed by atoms with van der Waals surface area (Å²) in [7, 11) is 0. The van der Waals surface area contributed by atoms with Gasteiger partial charge in [0.1, 0.15) is 0 Å². The highest BCUT2D eigenvalue weighted by Crippen LogP contribution is 2.04. The summed E-state index contributed by atoms with van der Waals surface area (Å²) in [5.41, 5.74) is 1.13. The molecule has 0 atom stereocenters. The summed E-state index contributed by atoms with van der Waals surface area (Å²) in [6.07, 6.45) is 0. The maximum atomic E-state index is 9.41. The van der Waals surface area contributed by atoms with Crippen molar-refractivity contribution in [2.75, 3.05) is 0 Å². The third-order valence-corrected chi connectivity index (χ3v) is 1.78. The van der Waals surface area contributed by atoms with Crippen LogP contribution in [0.1, 0.15) is 19.4 Å². The summed E-state index contributed by atoms with van der Waals surface area (Å²) >= 11 is 0. The molecule has 66 valence electrons. The van der Waals surface area contributed by atoms with Crippen LogP contribution in [0.15, 0.2) is 30.3 Å². The van der Waals surface area contributed by atoms with Crippen molar-refractivity contribution in [1.82, 2.24) is 5.06 Å². The van der Waals surface area contributed by atoms with Gasteiger partial charge in [-0.1, -0.05) is 30.3 Å². The molecule has 0 amide bonds. The molecule has 0 saturated carbocycles. The van der Waals surface area contributed by atoms with Crippen molar-refractivity contribution >= 4 is 0 Å². The standard InChI is InChI=1S/C10H15NO/c1-9(2)11(12)8-10-6-4-3-5-7-10/h3-7,9,12H,8H2,1-2H3. The van der Waals surface area contributed by atoms with Gasteiger partial charge in [-0.25, -0.2) is 0 Å². The zero-order chi connectivity index (χ0) is 8.97. The Kier molecular flexibility index (Phi) is 3.26. The van der Waals surface area contributed by atoms with Crippen LogP contribution in [0.2, 0.25) is 0 Å². The summed E-state index contributed by atoms with van der Waals surface area (Å²) < 4.78 is 0. The lowest BCUT2D eigenvalue weighted by molar-refractivity contribution is -0.125. The molecular weight excluding hydrogens is 150 g/mol. The maximum absolute atomic E-state index is 9.41. The van der Waals surface area contributed by atoms with Gasteiger partial charge in [0.05, 0.1) is 0 Å². The molecule has 2 nitrogen and oxygen atoms in total. The van der Waals surface area contributed by atoms with Gasteiger partial charge in [0.25, 0.3) is 0 Å². The largest absolute Gasteiger partial charge is 0.313 e. The van der Waals surface area contributed by atoms with E-state index in [0.717, 1.165) is 5.56 Å². The maximum Gasteiger partial charge on any atom is 0.0491 e. The molecule has 0 fully saturated rings. The Labute approximate surface area is 73.4 Å². The predicted octanol–water partition coefficient (Wildman–Crippen LogP) is 2.29. The molecule has 0 unspecified atom stereocenters. The van der Waals surface area contributed by atoms with E-state index in [1.807, 2.05) is 44.2 Å². The minimum Gasteiger partial charge on any atom is -0.313 e. The van der Waals surface area contributed by atoms with E-state index < -0.39 is 0 Å². The highest BCUT2D eigenvalue weighted by atomic mass is 16.5. The number of hydrogen-bond donors (Lipinski definition) is 1. The first-order chi connectivity index (χ1) is 5.70. The first-order valence-electron chi connectivity index (χ1n) is 4.19. The van der Waals surface area contributed by atoms with Crippen molar-refractivity contribution in [2.24, 2.45) is 0 Å². The summed E-state index contributed by atoms with van der Waals surface area (Å²) in [6.45, 7) is 4.52. The van der Waals surface area contributed by atoms with Crippen LogP contribution in [0.4, 0.5) is 0 Å². The molecule has 1 aromatic rings. The van der Waals surface area contributed by atoms with E-state index in [2.05, 4.69) is 0 Å². The van der Waals surface area contributed by atoms with Crippen molar-refractivity contribution < 1.29 is 5.21 Å². The molecule has 0 radical (unpaired) electrons. The highest BCUT2D eigenvalue weighted by molar-refractivity contribution is 5.14. The molecule has 0 saturated heterocycles. The molecular formula is C10H15NO. The average molecular weight is 165 g/mol. The number of hydroxylamine groups is 2. The van der Waals surface area contributed by atoms with E-state index in [1.54, 1.807) is 0 Å². The number of rotatable bonds is 3. The normalized spacial score (nSPS) is 11.1. The Balaban J connectivity index is 2.53. The lowest BCUT2D eigenvalue weighted by atomic mass is 10.2. The monoisotopic (exact) mass is 165 g/mol. The fraction of sp³-hybridized carbons (Fsp3) is 0.400. The molecule has 0 aliphatic heterocycles. The van der Waals surface area contributed by atoms with Gasteiger partial charge >= 0.3 is 0 Å². The van der Waals surface area contributed by atoms with Crippen molar-refractivity contribution in [2.45, 2.75) is 26.4 Å². The van der Waals surface area contributed by atoms with Crippen LogP contribution >= 0.6 is 0 Å². The van der Waals surface area contributed by atoms with Crippen LogP contribution in [0.3, 0.4) is 0 Å². The average Bonchev–Trinajstić information content (AvgIpc) is 2.06. The summed E-state index contributed by atoms with van der Waals surface area (Å²) in [5, 5.41) is 10.7. The first kappa shape index (κ1) is 9.23. The van der Waals surface area contributed by atoms with E-state index in [0.29, 0.717) is 6.54 Å². The van der Waals surface area contributed by atoms with Crippen molar-refractivity contribution in [1.29, 1.82) is 0 Å². The topological polar surface area (TPSA) is 23.5 Å². The van der Waals surface area contributed by atoms with Gasteiger partial charge in [0.2, 0.25) is 0 Å². The lowest BCUT2D eigenvalue weighted by Crippen LogP contribution is -2.26. The molecule has 1 N–H and O–H groups in total. The third kappa shape index (κ3) is 2.64. The predicted molar refractivity (Wildman–Crippen MR) is 48.9 cm³/mol. The van der Waals surface area contributed by atoms with Gasteiger partial charge in [0, 0.05) is 12.6 Å². The quantitative estimate of drug-likeness (QED) is 0.694. The van der Waals surface area contributed by atoms with Gasteiger partial charge in [-0.2, -0.15) is 5.06 Å². The first-order valence-corrected chi connectivity index (χ1v) is 4.19. The van der Waals surface area contributed by atoms with Gasteiger partial charge in [-0.05, 0) is 19.4 Å². The zero-order valence-corrected chi connectivity index (χ0v) is 7.57. The molecule has 2 heteroatoms. The Morgan fingerprint density at radius 3 is 2.33 bits per heavy atom. The molecule has 0 aromatic heterocycles. The van der Waals surface area contributed by atoms with Crippen LogP contribution in [0, 0.1) is 0 Å². The second-order valence-electron chi connectivity index (χ2n) is 3.18. The van der Waals surface area contributed by atoms with E-state index in [-0.39, 0.29) is 6.04 Å². The molecule has 0 aliphatic carbocycles. The fourth-order valence-corrected chi connectivity index (χ4v) is 0.953. The molecule has 0 heterocycles. The van der Waals surface area contributed by atoms with Gasteiger partial charge in [-0.3, -0.25) is 0 Å². The van der Waals surface area contributed by atoms with E-state index in [4.69, 9.17) is 0 Å². The molecule has 1 aromatic carbocycles. The van der Waals surface area contributed by atoms with Crippen molar-refractivity contribution in [3.63, 3.8) is 0 Å². The Morgan fingerprint density at radius 1 is 1.25 bits per heavy atom. The van der Waals surface area contributed by atoms with Crippen molar-refractivity contribution in [3.8, 4) is 0 Å². The summed E-state index contributed by atoms with van der Waals surface area (Å²) in [5.74, 6) is 0. The lowest BCUT2D eigenvalue weighted by Gasteiger charge is -2.18. The van der Waals surface area contributed by atoms with Crippen LogP contribution in [0.5, 0.6) is 0 Å². The van der Waals surface area contributed by atoms with Crippen LogP contribution in [0.25, 0.3) is 0 Å². The summed E-state index contributed by atoms with van der Waals surface area (Å²) in [4.78, 5) is 0. The van der Waals surface area contributed by atoms with Crippen molar-refractivity contribution in [3.05, 3.63) is 35.9 Å². The van der Waals surface area contributed by atoms with Gasteiger partial charge < -0.3 is 5.21 Å². The van der Waals surface area contributed by atoms with Crippen LogP contribution in [-0.2, 0) is 6.54 Å². The van der Waals surface area contributed by atoms with Crippen LogP contribution in [-0.4, -0.2) is 16.3 Å². The molecule has 12 heavy (non-hydrogen) atoms. The summed E-state index contributed by atoms with van der Waals surface area (Å²) in [6, 6.07) is 10.1. The Morgan fingerprint density at radius 2 is 1.83 bits per heavy atom.